The van der Waals surface area contributed by atoms with Crippen LogP contribution in [0.1, 0.15) is 5.56 Å². The summed E-state index contributed by atoms with van der Waals surface area (Å²) in [6.45, 7) is 1.31. The molecule has 98 valence electrons. The first-order valence-corrected chi connectivity index (χ1v) is 6.44. The number of rotatable bonds is 5. The van der Waals surface area contributed by atoms with Crippen molar-refractivity contribution >= 4 is 11.6 Å². The van der Waals surface area contributed by atoms with Crippen LogP contribution in [0.25, 0.3) is 0 Å². The van der Waals surface area contributed by atoms with Gasteiger partial charge < -0.3 is 10.2 Å². The molecule has 0 heterocycles. The lowest BCUT2D eigenvalue weighted by molar-refractivity contribution is -0.885. The highest BCUT2D eigenvalue weighted by Gasteiger charge is 2.10. The summed E-state index contributed by atoms with van der Waals surface area (Å²) in [6, 6.07) is 19.8. The van der Waals surface area contributed by atoms with Gasteiger partial charge in [-0.25, -0.2) is 0 Å². The van der Waals surface area contributed by atoms with Gasteiger partial charge in [-0.1, -0.05) is 48.5 Å². The van der Waals surface area contributed by atoms with Crippen LogP contribution in [0.15, 0.2) is 60.7 Å². The van der Waals surface area contributed by atoms with Crippen molar-refractivity contribution in [1.29, 1.82) is 0 Å². The van der Waals surface area contributed by atoms with Gasteiger partial charge in [0.2, 0.25) is 0 Å². The lowest BCUT2D eigenvalue weighted by Gasteiger charge is -2.13. The molecular formula is C16H19N2O+. The second kappa shape index (κ2) is 6.71. The minimum Gasteiger partial charge on any atom is -0.326 e. The molecule has 0 saturated carbocycles. The SMILES string of the molecule is C[NH+](CC(=O)Nc1ccccc1)Cc1ccccc1. The van der Waals surface area contributed by atoms with Gasteiger partial charge in [0, 0.05) is 11.3 Å². The number of para-hydroxylation sites is 1. The van der Waals surface area contributed by atoms with E-state index in [9.17, 15) is 4.79 Å². The summed E-state index contributed by atoms with van der Waals surface area (Å²) in [7, 11) is 2.03. The fourth-order valence-corrected chi connectivity index (χ4v) is 2.01. The van der Waals surface area contributed by atoms with Crippen molar-refractivity contribution in [3.63, 3.8) is 0 Å². The molecule has 2 N–H and O–H groups in total. The summed E-state index contributed by atoms with van der Waals surface area (Å²) in [5.41, 5.74) is 2.09. The third-order valence-corrected chi connectivity index (χ3v) is 2.87. The first kappa shape index (κ1) is 13.3. The van der Waals surface area contributed by atoms with Crippen molar-refractivity contribution < 1.29 is 9.69 Å². The predicted octanol–water partition coefficient (Wildman–Crippen LogP) is 1.34. The summed E-state index contributed by atoms with van der Waals surface area (Å²) < 4.78 is 0. The maximum atomic E-state index is 11.9. The van der Waals surface area contributed by atoms with Crippen molar-refractivity contribution in [2.45, 2.75) is 6.54 Å². The Morgan fingerprint density at radius 2 is 1.58 bits per heavy atom. The van der Waals surface area contributed by atoms with Crippen LogP contribution >= 0.6 is 0 Å². The monoisotopic (exact) mass is 255 g/mol. The molecule has 0 aromatic heterocycles. The van der Waals surface area contributed by atoms with E-state index in [4.69, 9.17) is 0 Å². The number of nitrogens with one attached hydrogen (secondary N) is 2. The van der Waals surface area contributed by atoms with Gasteiger partial charge in [-0.2, -0.15) is 0 Å². The highest BCUT2D eigenvalue weighted by atomic mass is 16.2. The Bertz CT molecular complexity index is 511. The number of amides is 1. The molecule has 2 aromatic rings. The highest BCUT2D eigenvalue weighted by Crippen LogP contribution is 2.03. The summed E-state index contributed by atoms with van der Waals surface area (Å²) >= 11 is 0. The number of hydrogen-bond donors (Lipinski definition) is 2. The van der Waals surface area contributed by atoms with Gasteiger partial charge in [0.25, 0.3) is 5.91 Å². The van der Waals surface area contributed by atoms with Crippen LogP contribution in [-0.4, -0.2) is 19.5 Å². The third kappa shape index (κ3) is 4.56. The van der Waals surface area contributed by atoms with Crippen molar-refractivity contribution in [2.24, 2.45) is 0 Å². The molecule has 19 heavy (non-hydrogen) atoms. The van der Waals surface area contributed by atoms with E-state index >= 15 is 0 Å². The molecule has 0 aliphatic heterocycles. The molecule has 0 aliphatic carbocycles. The van der Waals surface area contributed by atoms with Crippen LogP contribution < -0.4 is 10.2 Å². The van der Waals surface area contributed by atoms with E-state index in [2.05, 4.69) is 17.4 Å². The summed E-state index contributed by atoms with van der Waals surface area (Å²) in [5.74, 6) is 0.0413. The highest BCUT2D eigenvalue weighted by molar-refractivity contribution is 5.91. The molecule has 1 atom stereocenters. The smallest absolute Gasteiger partial charge is 0.279 e. The molecule has 0 bridgehead atoms. The van der Waals surface area contributed by atoms with E-state index < -0.39 is 0 Å². The first-order chi connectivity index (χ1) is 9.24. The van der Waals surface area contributed by atoms with Gasteiger partial charge in [-0.15, -0.1) is 0 Å². The zero-order valence-electron chi connectivity index (χ0n) is 11.1. The topological polar surface area (TPSA) is 33.5 Å². The summed E-state index contributed by atoms with van der Waals surface area (Å²) in [4.78, 5) is 13.0. The number of carbonyl (C=O) groups excluding carboxylic acids is 1. The van der Waals surface area contributed by atoms with Crippen molar-refractivity contribution in [1.82, 2.24) is 0 Å². The predicted molar refractivity (Wildman–Crippen MR) is 77.0 cm³/mol. The molecule has 0 saturated heterocycles. The average molecular weight is 255 g/mol. The molecule has 0 radical (unpaired) electrons. The van der Waals surface area contributed by atoms with Crippen molar-refractivity contribution in [3.8, 4) is 0 Å². The Balaban J connectivity index is 1.82. The molecule has 2 rings (SSSR count). The molecule has 1 amide bonds. The van der Waals surface area contributed by atoms with E-state index in [1.165, 1.54) is 10.5 Å². The molecule has 2 aromatic carbocycles. The van der Waals surface area contributed by atoms with Crippen LogP contribution in [-0.2, 0) is 11.3 Å². The second-order valence-electron chi connectivity index (χ2n) is 4.71. The average Bonchev–Trinajstić information content (AvgIpc) is 2.40. The maximum Gasteiger partial charge on any atom is 0.279 e. The minimum absolute atomic E-state index is 0.0413. The zero-order chi connectivity index (χ0) is 13.5. The number of benzene rings is 2. The van der Waals surface area contributed by atoms with Crippen molar-refractivity contribution in [3.05, 3.63) is 66.2 Å². The second-order valence-corrected chi connectivity index (χ2v) is 4.71. The molecule has 3 heteroatoms. The van der Waals surface area contributed by atoms with Crippen LogP contribution in [0, 0.1) is 0 Å². The van der Waals surface area contributed by atoms with Gasteiger partial charge in [-0.05, 0) is 12.1 Å². The summed E-state index contributed by atoms with van der Waals surface area (Å²) in [5, 5.41) is 2.90. The molecular weight excluding hydrogens is 236 g/mol. The molecule has 0 spiro atoms. The lowest BCUT2D eigenvalue weighted by atomic mass is 10.2. The van der Waals surface area contributed by atoms with Crippen LogP contribution in [0.3, 0.4) is 0 Å². The number of quaternary nitrogens is 1. The van der Waals surface area contributed by atoms with E-state index in [1.807, 2.05) is 55.6 Å². The molecule has 3 nitrogen and oxygen atoms in total. The molecule has 1 unspecified atom stereocenters. The fourth-order valence-electron chi connectivity index (χ4n) is 2.01. The lowest BCUT2D eigenvalue weighted by Crippen LogP contribution is -3.08. The standard InChI is InChI=1S/C16H18N2O/c1-18(12-14-8-4-2-5-9-14)13-16(19)17-15-10-6-3-7-11-15/h2-11H,12-13H2,1H3,(H,17,19)/p+1. The normalized spacial score (nSPS) is 11.8. The number of anilines is 1. The van der Waals surface area contributed by atoms with Crippen LogP contribution in [0.5, 0.6) is 0 Å². The summed E-state index contributed by atoms with van der Waals surface area (Å²) in [6.07, 6.45) is 0. The van der Waals surface area contributed by atoms with Gasteiger partial charge >= 0.3 is 0 Å². The van der Waals surface area contributed by atoms with Gasteiger partial charge in [-0.3, -0.25) is 4.79 Å². The largest absolute Gasteiger partial charge is 0.326 e. The van der Waals surface area contributed by atoms with Crippen LogP contribution in [0.2, 0.25) is 0 Å². The Morgan fingerprint density at radius 1 is 1.00 bits per heavy atom. The van der Waals surface area contributed by atoms with E-state index in [0.717, 1.165) is 12.2 Å². The number of likely N-dealkylation sites (N-methyl/N-ethyl adjacent to an activating group) is 1. The van der Waals surface area contributed by atoms with Gasteiger partial charge in [0.15, 0.2) is 6.54 Å². The Labute approximate surface area is 113 Å². The molecule has 0 fully saturated rings. The van der Waals surface area contributed by atoms with E-state index in [-0.39, 0.29) is 5.91 Å². The molecule has 0 aliphatic rings. The Hall–Kier alpha value is -2.13. The quantitative estimate of drug-likeness (QED) is 0.830. The maximum absolute atomic E-state index is 11.9. The van der Waals surface area contributed by atoms with Crippen molar-refractivity contribution in [2.75, 3.05) is 18.9 Å². The van der Waals surface area contributed by atoms with Gasteiger partial charge in [0.1, 0.15) is 6.54 Å². The zero-order valence-corrected chi connectivity index (χ0v) is 11.1. The number of carbonyl (C=O) groups is 1. The number of hydrogen-bond acceptors (Lipinski definition) is 1. The first-order valence-electron chi connectivity index (χ1n) is 6.44. The Kier molecular flexibility index (Phi) is 4.70. The minimum atomic E-state index is 0.0413. The van der Waals surface area contributed by atoms with Gasteiger partial charge in [0.05, 0.1) is 7.05 Å². The Morgan fingerprint density at radius 3 is 2.21 bits per heavy atom. The van der Waals surface area contributed by atoms with E-state index in [1.54, 1.807) is 0 Å². The van der Waals surface area contributed by atoms with Crippen LogP contribution in [0.4, 0.5) is 5.69 Å². The van der Waals surface area contributed by atoms with E-state index in [0.29, 0.717) is 6.54 Å². The third-order valence-electron chi connectivity index (χ3n) is 2.87. The fraction of sp³-hybridized carbons (Fsp3) is 0.188.